The van der Waals surface area contributed by atoms with Crippen LogP contribution in [0, 0.1) is 0 Å². The lowest BCUT2D eigenvalue weighted by Gasteiger charge is -2.26. The zero-order chi connectivity index (χ0) is 6.69. The predicted octanol–water partition coefficient (Wildman–Crippen LogP) is 0.773. The average molecular weight is 129 g/mol. The fraction of sp³-hybridized carbons (Fsp3) is 1.00. The number of likely N-dealkylation sites (N-methyl/N-ethyl adjacent to an activating group) is 1. The maximum Gasteiger partial charge on any atom is 0.0623 e. The third-order valence-corrected chi connectivity index (χ3v) is 1.91. The largest absolute Gasteiger partial charge is 0.377 e. The quantitative estimate of drug-likeness (QED) is 0.564. The molecule has 0 saturated carbocycles. The zero-order valence-electron chi connectivity index (χ0n) is 6.18. The molecule has 1 N–H and O–H groups in total. The first-order valence-corrected chi connectivity index (χ1v) is 3.62. The second kappa shape index (κ2) is 3.18. The molecule has 2 heteroatoms. The summed E-state index contributed by atoms with van der Waals surface area (Å²) in [6.07, 6.45) is 2.94. The first-order valence-electron chi connectivity index (χ1n) is 3.62. The van der Waals surface area contributed by atoms with E-state index in [4.69, 9.17) is 4.74 Å². The van der Waals surface area contributed by atoms with Crippen molar-refractivity contribution >= 4 is 0 Å². The van der Waals surface area contributed by atoms with Crippen LogP contribution in [0.5, 0.6) is 0 Å². The highest BCUT2D eigenvalue weighted by atomic mass is 16.5. The van der Waals surface area contributed by atoms with Crippen molar-refractivity contribution in [1.82, 2.24) is 5.32 Å². The molecule has 1 aliphatic rings. The van der Waals surface area contributed by atoms with Crippen LogP contribution in [0.1, 0.15) is 19.8 Å². The molecule has 1 heterocycles. The normalized spacial score (nSPS) is 36.7. The SMILES string of the molecule is CN[C@H]1CC[C@H](C)OC1. The van der Waals surface area contributed by atoms with Crippen LogP contribution in [0.3, 0.4) is 0 Å². The molecule has 0 aromatic rings. The van der Waals surface area contributed by atoms with Gasteiger partial charge in [-0.1, -0.05) is 0 Å². The van der Waals surface area contributed by atoms with Crippen molar-refractivity contribution in [2.24, 2.45) is 0 Å². The lowest BCUT2D eigenvalue weighted by Crippen LogP contribution is -2.36. The summed E-state index contributed by atoms with van der Waals surface area (Å²) in [7, 11) is 1.99. The van der Waals surface area contributed by atoms with Gasteiger partial charge in [-0.3, -0.25) is 0 Å². The third kappa shape index (κ3) is 1.95. The maximum absolute atomic E-state index is 5.42. The van der Waals surface area contributed by atoms with E-state index in [1.54, 1.807) is 0 Å². The van der Waals surface area contributed by atoms with Crippen molar-refractivity contribution in [3.63, 3.8) is 0 Å². The van der Waals surface area contributed by atoms with Crippen LogP contribution in [0.25, 0.3) is 0 Å². The highest BCUT2D eigenvalue weighted by Crippen LogP contribution is 2.11. The predicted molar refractivity (Wildman–Crippen MR) is 37.5 cm³/mol. The van der Waals surface area contributed by atoms with E-state index in [0.29, 0.717) is 12.1 Å². The van der Waals surface area contributed by atoms with Crippen LogP contribution in [0.15, 0.2) is 0 Å². The molecule has 0 radical (unpaired) electrons. The highest BCUT2D eigenvalue weighted by Gasteiger charge is 2.15. The van der Waals surface area contributed by atoms with Crippen molar-refractivity contribution in [1.29, 1.82) is 0 Å². The topological polar surface area (TPSA) is 21.3 Å². The smallest absolute Gasteiger partial charge is 0.0623 e. The van der Waals surface area contributed by atoms with E-state index in [-0.39, 0.29) is 0 Å². The minimum Gasteiger partial charge on any atom is -0.377 e. The minimum atomic E-state index is 0.481. The van der Waals surface area contributed by atoms with Crippen LogP contribution in [0.2, 0.25) is 0 Å². The van der Waals surface area contributed by atoms with Crippen molar-refractivity contribution in [2.75, 3.05) is 13.7 Å². The molecule has 1 aliphatic heterocycles. The monoisotopic (exact) mass is 129 g/mol. The van der Waals surface area contributed by atoms with Gasteiger partial charge in [0.05, 0.1) is 12.7 Å². The second-order valence-corrected chi connectivity index (χ2v) is 2.71. The first-order chi connectivity index (χ1) is 4.33. The molecule has 0 unspecified atom stereocenters. The van der Waals surface area contributed by atoms with Crippen LogP contribution in [0.4, 0.5) is 0 Å². The molecule has 1 fully saturated rings. The van der Waals surface area contributed by atoms with E-state index in [1.165, 1.54) is 12.8 Å². The highest BCUT2D eigenvalue weighted by molar-refractivity contribution is 4.70. The Hall–Kier alpha value is -0.0800. The van der Waals surface area contributed by atoms with Gasteiger partial charge in [0.15, 0.2) is 0 Å². The Morgan fingerprint density at radius 1 is 1.44 bits per heavy atom. The molecule has 9 heavy (non-hydrogen) atoms. The summed E-state index contributed by atoms with van der Waals surface area (Å²) < 4.78 is 5.42. The molecule has 0 bridgehead atoms. The van der Waals surface area contributed by atoms with E-state index in [9.17, 15) is 0 Å². The van der Waals surface area contributed by atoms with Gasteiger partial charge in [0.2, 0.25) is 0 Å². The fourth-order valence-corrected chi connectivity index (χ4v) is 1.11. The lowest BCUT2D eigenvalue weighted by molar-refractivity contribution is 0.0104. The average Bonchev–Trinajstić information content (AvgIpc) is 1.90. The van der Waals surface area contributed by atoms with E-state index in [0.717, 1.165) is 6.61 Å². The van der Waals surface area contributed by atoms with Gasteiger partial charge >= 0.3 is 0 Å². The lowest BCUT2D eigenvalue weighted by atomic mass is 10.1. The summed E-state index contributed by atoms with van der Waals surface area (Å²) in [5, 5.41) is 3.20. The van der Waals surface area contributed by atoms with Gasteiger partial charge in [0.25, 0.3) is 0 Å². The Bertz CT molecular complexity index is 77.0. The van der Waals surface area contributed by atoms with Gasteiger partial charge in [0, 0.05) is 6.04 Å². The standard InChI is InChI=1S/C7H15NO/c1-6-3-4-7(8-2)5-9-6/h6-8H,3-5H2,1-2H3/t6-,7-/m0/s1. The molecule has 0 aromatic heterocycles. The van der Waals surface area contributed by atoms with Gasteiger partial charge in [-0.25, -0.2) is 0 Å². The number of ether oxygens (including phenoxy) is 1. The molecule has 0 amide bonds. The Morgan fingerprint density at radius 3 is 2.67 bits per heavy atom. The van der Waals surface area contributed by atoms with Crippen LogP contribution in [-0.2, 0) is 4.74 Å². The Balaban J connectivity index is 2.18. The molecule has 54 valence electrons. The molecular formula is C7H15NO. The Morgan fingerprint density at radius 2 is 2.22 bits per heavy atom. The molecule has 0 aromatic carbocycles. The summed E-state index contributed by atoms with van der Waals surface area (Å²) in [6.45, 7) is 3.02. The van der Waals surface area contributed by atoms with E-state index >= 15 is 0 Å². The summed E-state index contributed by atoms with van der Waals surface area (Å²) in [5.41, 5.74) is 0. The molecule has 0 aliphatic carbocycles. The summed E-state index contributed by atoms with van der Waals surface area (Å²) in [5.74, 6) is 0. The number of hydrogen-bond donors (Lipinski definition) is 1. The molecule has 2 atom stereocenters. The van der Waals surface area contributed by atoms with E-state index in [1.807, 2.05) is 7.05 Å². The summed E-state index contributed by atoms with van der Waals surface area (Å²) in [6, 6.07) is 0.598. The van der Waals surface area contributed by atoms with Crippen LogP contribution in [-0.4, -0.2) is 25.8 Å². The van der Waals surface area contributed by atoms with E-state index in [2.05, 4.69) is 12.2 Å². The second-order valence-electron chi connectivity index (χ2n) is 2.71. The maximum atomic E-state index is 5.42. The van der Waals surface area contributed by atoms with Gasteiger partial charge in [-0.05, 0) is 26.8 Å². The zero-order valence-corrected chi connectivity index (χ0v) is 6.18. The summed E-state index contributed by atoms with van der Waals surface area (Å²) in [4.78, 5) is 0. The third-order valence-electron chi connectivity index (χ3n) is 1.91. The molecule has 0 spiro atoms. The molecule has 2 nitrogen and oxygen atoms in total. The van der Waals surface area contributed by atoms with Gasteiger partial charge < -0.3 is 10.1 Å². The molecule has 1 saturated heterocycles. The van der Waals surface area contributed by atoms with Crippen molar-refractivity contribution in [3.8, 4) is 0 Å². The van der Waals surface area contributed by atoms with E-state index < -0.39 is 0 Å². The first kappa shape index (κ1) is 7.03. The van der Waals surface area contributed by atoms with Crippen LogP contribution < -0.4 is 5.32 Å². The summed E-state index contributed by atoms with van der Waals surface area (Å²) >= 11 is 0. The Kier molecular flexibility index (Phi) is 2.49. The number of hydrogen-bond acceptors (Lipinski definition) is 2. The van der Waals surface area contributed by atoms with Crippen molar-refractivity contribution in [3.05, 3.63) is 0 Å². The van der Waals surface area contributed by atoms with Crippen LogP contribution >= 0.6 is 0 Å². The van der Waals surface area contributed by atoms with Gasteiger partial charge in [0.1, 0.15) is 0 Å². The van der Waals surface area contributed by atoms with Gasteiger partial charge in [-0.2, -0.15) is 0 Å². The van der Waals surface area contributed by atoms with Crippen molar-refractivity contribution < 1.29 is 4.74 Å². The van der Waals surface area contributed by atoms with Crippen molar-refractivity contribution in [2.45, 2.75) is 31.9 Å². The molecular weight excluding hydrogens is 114 g/mol. The Labute approximate surface area is 56.6 Å². The number of nitrogens with one attached hydrogen (secondary N) is 1. The fourth-order valence-electron chi connectivity index (χ4n) is 1.11. The molecule has 1 rings (SSSR count). The van der Waals surface area contributed by atoms with Gasteiger partial charge in [-0.15, -0.1) is 0 Å². The number of rotatable bonds is 1. The minimum absolute atomic E-state index is 0.481.